The number of thiol groups is 1. The maximum atomic E-state index is 4.28. The molecule has 1 aromatic rings. The number of hydrogen-bond acceptors (Lipinski definition) is 2. The molecule has 0 bridgehead atoms. The first kappa shape index (κ1) is 9.62. The van der Waals surface area contributed by atoms with Crippen molar-refractivity contribution in [2.24, 2.45) is 0 Å². The van der Waals surface area contributed by atoms with Crippen LogP contribution in [0.1, 0.15) is 12.5 Å². The third kappa shape index (κ3) is 3.79. The van der Waals surface area contributed by atoms with Gasteiger partial charge in [0.05, 0.1) is 0 Å². The van der Waals surface area contributed by atoms with Crippen LogP contribution in [-0.2, 0) is 6.54 Å². The highest BCUT2D eigenvalue weighted by atomic mass is 32.1. The fourth-order valence-electron chi connectivity index (χ4n) is 1.02. The van der Waals surface area contributed by atoms with Crippen LogP contribution < -0.4 is 5.32 Å². The molecule has 0 spiro atoms. The van der Waals surface area contributed by atoms with Gasteiger partial charge in [0.15, 0.2) is 0 Å². The normalized spacial score (nSPS) is 12.8. The summed E-state index contributed by atoms with van der Waals surface area (Å²) in [7, 11) is 0. The van der Waals surface area contributed by atoms with Crippen LogP contribution in [0.5, 0.6) is 0 Å². The summed E-state index contributed by atoms with van der Waals surface area (Å²) in [6.07, 6.45) is 0. The topological polar surface area (TPSA) is 12.0 Å². The van der Waals surface area contributed by atoms with Crippen molar-refractivity contribution in [3.8, 4) is 0 Å². The van der Waals surface area contributed by atoms with Gasteiger partial charge < -0.3 is 5.32 Å². The van der Waals surface area contributed by atoms with E-state index in [1.165, 1.54) is 5.56 Å². The van der Waals surface area contributed by atoms with Crippen LogP contribution in [0, 0.1) is 0 Å². The molecule has 0 aliphatic rings. The number of hydrogen-bond donors (Lipinski definition) is 2. The maximum absolute atomic E-state index is 4.28. The Morgan fingerprint density at radius 1 is 1.33 bits per heavy atom. The van der Waals surface area contributed by atoms with Crippen LogP contribution in [0.2, 0.25) is 0 Å². The van der Waals surface area contributed by atoms with Crippen LogP contribution in [0.25, 0.3) is 0 Å². The fourth-order valence-corrected chi connectivity index (χ4v) is 1.15. The number of rotatable bonds is 4. The van der Waals surface area contributed by atoms with E-state index >= 15 is 0 Å². The van der Waals surface area contributed by atoms with Gasteiger partial charge in [-0.3, -0.25) is 0 Å². The number of benzene rings is 1. The molecule has 1 rings (SSSR count). The van der Waals surface area contributed by atoms with Crippen molar-refractivity contribution < 1.29 is 0 Å². The van der Waals surface area contributed by atoms with Gasteiger partial charge in [0.2, 0.25) is 0 Å². The lowest BCUT2D eigenvalue weighted by Crippen LogP contribution is -2.20. The van der Waals surface area contributed by atoms with Crippen molar-refractivity contribution in [3.05, 3.63) is 35.9 Å². The molecular weight excluding hydrogens is 166 g/mol. The van der Waals surface area contributed by atoms with Crippen molar-refractivity contribution in [1.29, 1.82) is 0 Å². The molecule has 0 aliphatic heterocycles. The van der Waals surface area contributed by atoms with Crippen LogP contribution in [-0.4, -0.2) is 11.8 Å². The first-order valence-electron chi connectivity index (χ1n) is 4.22. The molecule has 0 fully saturated rings. The molecule has 1 aromatic carbocycles. The molecule has 1 unspecified atom stereocenters. The Labute approximate surface area is 79.6 Å². The van der Waals surface area contributed by atoms with E-state index in [0.717, 1.165) is 13.1 Å². The summed E-state index contributed by atoms with van der Waals surface area (Å²) in [5.74, 6) is 0. The van der Waals surface area contributed by atoms with Gasteiger partial charge >= 0.3 is 0 Å². The summed E-state index contributed by atoms with van der Waals surface area (Å²) in [4.78, 5) is 0. The smallest absolute Gasteiger partial charge is 0.0205 e. The van der Waals surface area contributed by atoms with Gasteiger partial charge in [0.25, 0.3) is 0 Å². The van der Waals surface area contributed by atoms with E-state index in [0.29, 0.717) is 5.25 Å². The Kier molecular flexibility index (Phi) is 4.19. The first-order valence-corrected chi connectivity index (χ1v) is 4.73. The fraction of sp³-hybridized carbons (Fsp3) is 0.400. The van der Waals surface area contributed by atoms with E-state index in [1.54, 1.807) is 0 Å². The molecule has 0 amide bonds. The Bertz CT molecular complexity index is 208. The lowest BCUT2D eigenvalue weighted by atomic mass is 10.2. The molecule has 12 heavy (non-hydrogen) atoms. The van der Waals surface area contributed by atoms with Crippen molar-refractivity contribution >= 4 is 12.6 Å². The van der Waals surface area contributed by atoms with E-state index in [2.05, 4.69) is 49.1 Å². The molecule has 0 heterocycles. The van der Waals surface area contributed by atoms with Crippen molar-refractivity contribution in [1.82, 2.24) is 5.32 Å². The molecule has 2 heteroatoms. The van der Waals surface area contributed by atoms with E-state index in [-0.39, 0.29) is 0 Å². The monoisotopic (exact) mass is 181 g/mol. The molecule has 0 aliphatic carbocycles. The summed E-state index contributed by atoms with van der Waals surface area (Å²) in [6.45, 7) is 3.98. The molecule has 66 valence electrons. The summed E-state index contributed by atoms with van der Waals surface area (Å²) < 4.78 is 0. The summed E-state index contributed by atoms with van der Waals surface area (Å²) >= 11 is 4.28. The van der Waals surface area contributed by atoms with Crippen LogP contribution in [0.3, 0.4) is 0 Å². The van der Waals surface area contributed by atoms with Gasteiger partial charge in [-0.1, -0.05) is 37.3 Å². The minimum atomic E-state index is 0.425. The van der Waals surface area contributed by atoms with Crippen LogP contribution >= 0.6 is 12.6 Å². The van der Waals surface area contributed by atoms with Crippen molar-refractivity contribution in [2.45, 2.75) is 18.7 Å². The second-order valence-electron chi connectivity index (χ2n) is 2.97. The second-order valence-corrected chi connectivity index (χ2v) is 3.85. The highest BCUT2D eigenvalue weighted by Gasteiger charge is 1.93. The maximum Gasteiger partial charge on any atom is 0.0205 e. The molecule has 1 N–H and O–H groups in total. The van der Waals surface area contributed by atoms with E-state index in [9.17, 15) is 0 Å². The SMILES string of the molecule is CC(S)CNCc1ccccc1. The molecule has 1 nitrogen and oxygen atoms in total. The van der Waals surface area contributed by atoms with Crippen LogP contribution in [0.15, 0.2) is 30.3 Å². The third-order valence-electron chi connectivity index (χ3n) is 1.61. The quantitative estimate of drug-likeness (QED) is 0.678. The van der Waals surface area contributed by atoms with E-state index in [1.807, 2.05) is 6.07 Å². The van der Waals surface area contributed by atoms with Crippen molar-refractivity contribution in [2.75, 3.05) is 6.54 Å². The summed E-state index contributed by atoms with van der Waals surface area (Å²) in [6, 6.07) is 10.4. The Balaban J connectivity index is 2.25. The van der Waals surface area contributed by atoms with Gasteiger partial charge in [-0.2, -0.15) is 12.6 Å². The lowest BCUT2D eigenvalue weighted by molar-refractivity contribution is 0.686. The van der Waals surface area contributed by atoms with Gasteiger partial charge in [0, 0.05) is 18.3 Å². The average Bonchev–Trinajstić information content (AvgIpc) is 2.05. The second kappa shape index (κ2) is 5.22. The first-order chi connectivity index (χ1) is 5.79. The lowest BCUT2D eigenvalue weighted by Gasteiger charge is -2.06. The Morgan fingerprint density at radius 3 is 2.58 bits per heavy atom. The van der Waals surface area contributed by atoms with Gasteiger partial charge in [-0.25, -0.2) is 0 Å². The minimum absolute atomic E-state index is 0.425. The van der Waals surface area contributed by atoms with Crippen LogP contribution in [0.4, 0.5) is 0 Å². The summed E-state index contributed by atoms with van der Waals surface area (Å²) in [5, 5.41) is 3.75. The highest BCUT2D eigenvalue weighted by molar-refractivity contribution is 7.80. The molecular formula is C10H15NS. The standard InChI is InChI=1S/C10H15NS/c1-9(12)7-11-8-10-5-3-2-4-6-10/h2-6,9,11-12H,7-8H2,1H3. The average molecular weight is 181 g/mol. The van der Waals surface area contributed by atoms with Gasteiger partial charge in [-0.15, -0.1) is 0 Å². The number of nitrogens with one attached hydrogen (secondary N) is 1. The molecule has 0 radical (unpaired) electrons. The Hall–Kier alpha value is -0.470. The predicted molar refractivity (Wildman–Crippen MR) is 56.6 cm³/mol. The summed E-state index contributed by atoms with van der Waals surface area (Å²) in [5.41, 5.74) is 1.33. The molecule has 0 saturated carbocycles. The van der Waals surface area contributed by atoms with Crippen molar-refractivity contribution in [3.63, 3.8) is 0 Å². The van der Waals surface area contributed by atoms with E-state index < -0.39 is 0 Å². The third-order valence-corrected chi connectivity index (χ3v) is 1.79. The minimum Gasteiger partial charge on any atom is -0.312 e. The van der Waals surface area contributed by atoms with Gasteiger partial charge in [-0.05, 0) is 5.56 Å². The molecule has 1 atom stereocenters. The zero-order valence-electron chi connectivity index (χ0n) is 7.33. The highest BCUT2D eigenvalue weighted by Crippen LogP contribution is 1.97. The zero-order chi connectivity index (χ0) is 8.81. The van der Waals surface area contributed by atoms with Gasteiger partial charge in [0.1, 0.15) is 0 Å². The molecule has 0 aromatic heterocycles. The predicted octanol–water partition coefficient (Wildman–Crippen LogP) is 2.09. The zero-order valence-corrected chi connectivity index (χ0v) is 8.22. The molecule has 0 saturated heterocycles. The largest absolute Gasteiger partial charge is 0.312 e. The van der Waals surface area contributed by atoms with E-state index in [4.69, 9.17) is 0 Å². The Morgan fingerprint density at radius 2 is 2.00 bits per heavy atom.